The van der Waals surface area contributed by atoms with Crippen LogP contribution < -0.4 is 10.9 Å². The quantitative estimate of drug-likeness (QED) is 0.604. The minimum Gasteiger partial charge on any atom is -0.365 e. The number of hydrogen-bond acceptors (Lipinski definition) is 4. The number of aromatic amines is 1. The van der Waals surface area contributed by atoms with Crippen LogP contribution in [0.2, 0.25) is 0 Å². The fourth-order valence-corrected chi connectivity index (χ4v) is 3.18. The molecule has 0 spiro atoms. The largest absolute Gasteiger partial charge is 0.365 e. The van der Waals surface area contributed by atoms with Gasteiger partial charge in [0.25, 0.3) is 5.56 Å². The summed E-state index contributed by atoms with van der Waals surface area (Å²) in [6.45, 7) is 6.21. The first-order valence-corrected chi connectivity index (χ1v) is 8.21. The highest BCUT2D eigenvalue weighted by Gasteiger charge is 2.11. The number of aromatic nitrogens is 4. The van der Waals surface area contributed by atoms with Crippen molar-refractivity contribution in [2.45, 2.75) is 27.3 Å². The normalized spacial score (nSPS) is 11.3. The molecule has 3 heterocycles. The summed E-state index contributed by atoms with van der Waals surface area (Å²) in [5, 5.41) is 8.82. The standard InChI is InChI=1S/C19H19N5O/c1-11-8-12(2)21-19(25)15(11)10-20-18-14-6-4-5-7-16(14)24-17(22-18)9-13(3)23-24/h4-9H,10H2,1-3H3,(H,20,22)(H,21,25). The summed E-state index contributed by atoms with van der Waals surface area (Å²) in [5.74, 6) is 0.752. The van der Waals surface area contributed by atoms with Gasteiger partial charge in [-0.1, -0.05) is 12.1 Å². The first-order chi connectivity index (χ1) is 12.0. The second kappa shape index (κ2) is 5.73. The lowest BCUT2D eigenvalue weighted by molar-refractivity contribution is 0.951. The number of fused-ring (bicyclic) bond motifs is 3. The molecule has 6 heteroatoms. The smallest absolute Gasteiger partial charge is 0.253 e. The number of nitrogens with one attached hydrogen (secondary N) is 2. The zero-order chi connectivity index (χ0) is 17.6. The van der Waals surface area contributed by atoms with Crippen LogP contribution in [0.4, 0.5) is 5.82 Å². The number of hydrogen-bond donors (Lipinski definition) is 2. The van der Waals surface area contributed by atoms with E-state index >= 15 is 0 Å². The molecular formula is C19H19N5O. The van der Waals surface area contributed by atoms with E-state index in [1.165, 1.54) is 0 Å². The van der Waals surface area contributed by atoms with E-state index in [9.17, 15) is 4.79 Å². The molecule has 6 nitrogen and oxygen atoms in total. The molecule has 0 aliphatic carbocycles. The summed E-state index contributed by atoms with van der Waals surface area (Å²) in [4.78, 5) is 19.8. The fraction of sp³-hybridized carbons (Fsp3) is 0.211. The van der Waals surface area contributed by atoms with Gasteiger partial charge in [0.2, 0.25) is 0 Å². The van der Waals surface area contributed by atoms with E-state index in [0.717, 1.165) is 44.9 Å². The van der Waals surface area contributed by atoms with E-state index in [4.69, 9.17) is 4.98 Å². The van der Waals surface area contributed by atoms with Crippen molar-refractivity contribution in [2.75, 3.05) is 5.32 Å². The van der Waals surface area contributed by atoms with E-state index in [0.29, 0.717) is 6.54 Å². The van der Waals surface area contributed by atoms with E-state index < -0.39 is 0 Å². The lowest BCUT2D eigenvalue weighted by Gasteiger charge is -2.11. The third-order valence-corrected chi connectivity index (χ3v) is 4.35. The van der Waals surface area contributed by atoms with Crippen LogP contribution >= 0.6 is 0 Å². The number of pyridine rings is 1. The Kier molecular flexibility index (Phi) is 3.53. The van der Waals surface area contributed by atoms with E-state index in [1.807, 2.05) is 61.7 Å². The van der Waals surface area contributed by atoms with Gasteiger partial charge in [-0.2, -0.15) is 5.10 Å². The Labute approximate surface area is 144 Å². The number of benzene rings is 1. The Hall–Kier alpha value is -3.15. The maximum Gasteiger partial charge on any atom is 0.253 e. The predicted molar refractivity (Wildman–Crippen MR) is 99.1 cm³/mol. The van der Waals surface area contributed by atoms with Gasteiger partial charge in [0.1, 0.15) is 5.82 Å². The van der Waals surface area contributed by atoms with Gasteiger partial charge in [0.05, 0.1) is 11.2 Å². The van der Waals surface area contributed by atoms with Crippen LogP contribution in [0.15, 0.2) is 41.2 Å². The van der Waals surface area contributed by atoms with Crippen LogP contribution in [0.25, 0.3) is 16.6 Å². The molecule has 0 atom stereocenters. The average molecular weight is 333 g/mol. The molecule has 25 heavy (non-hydrogen) atoms. The van der Waals surface area contributed by atoms with Crippen LogP contribution in [0.5, 0.6) is 0 Å². The number of H-pyrrole nitrogens is 1. The third-order valence-electron chi connectivity index (χ3n) is 4.35. The second-order valence-electron chi connectivity index (χ2n) is 6.33. The Morgan fingerprint density at radius 3 is 2.76 bits per heavy atom. The number of aryl methyl sites for hydroxylation is 3. The van der Waals surface area contributed by atoms with Crippen LogP contribution in [-0.2, 0) is 6.54 Å². The van der Waals surface area contributed by atoms with Gasteiger partial charge < -0.3 is 10.3 Å². The molecule has 126 valence electrons. The van der Waals surface area contributed by atoms with Gasteiger partial charge in [0, 0.05) is 29.3 Å². The van der Waals surface area contributed by atoms with Crippen LogP contribution in [0, 0.1) is 20.8 Å². The summed E-state index contributed by atoms with van der Waals surface area (Å²) in [6, 6.07) is 11.9. The Bertz CT molecular complexity index is 1160. The molecule has 3 aromatic heterocycles. The Morgan fingerprint density at radius 2 is 1.96 bits per heavy atom. The number of anilines is 1. The molecule has 0 aliphatic rings. The molecule has 0 saturated carbocycles. The highest BCUT2D eigenvalue weighted by molar-refractivity contribution is 5.91. The van der Waals surface area contributed by atoms with Crippen molar-refractivity contribution in [3.63, 3.8) is 0 Å². The van der Waals surface area contributed by atoms with E-state index in [1.54, 1.807) is 0 Å². The van der Waals surface area contributed by atoms with Crippen molar-refractivity contribution in [2.24, 2.45) is 0 Å². The zero-order valence-corrected chi connectivity index (χ0v) is 14.4. The molecule has 1 aromatic carbocycles. The van der Waals surface area contributed by atoms with Crippen molar-refractivity contribution in [1.29, 1.82) is 0 Å². The first-order valence-electron chi connectivity index (χ1n) is 8.21. The topological polar surface area (TPSA) is 75.1 Å². The van der Waals surface area contributed by atoms with E-state index in [2.05, 4.69) is 15.4 Å². The minimum absolute atomic E-state index is 0.0596. The van der Waals surface area contributed by atoms with Gasteiger partial charge in [0.15, 0.2) is 5.65 Å². The minimum atomic E-state index is -0.0596. The molecule has 0 aliphatic heterocycles. The maximum atomic E-state index is 12.2. The number of para-hydroxylation sites is 1. The SMILES string of the molecule is Cc1cc2nc(NCc3c(C)cc(C)[nH]c3=O)c3ccccc3n2n1. The van der Waals surface area contributed by atoms with Gasteiger partial charge >= 0.3 is 0 Å². The lowest BCUT2D eigenvalue weighted by atomic mass is 10.1. The van der Waals surface area contributed by atoms with Crippen molar-refractivity contribution in [3.05, 3.63) is 69.3 Å². The lowest BCUT2D eigenvalue weighted by Crippen LogP contribution is -2.19. The Morgan fingerprint density at radius 1 is 1.16 bits per heavy atom. The molecule has 0 radical (unpaired) electrons. The average Bonchev–Trinajstić information content (AvgIpc) is 2.94. The first kappa shape index (κ1) is 15.4. The molecule has 4 rings (SSSR count). The molecule has 0 unspecified atom stereocenters. The molecule has 0 fully saturated rings. The molecule has 4 aromatic rings. The van der Waals surface area contributed by atoms with Gasteiger partial charge in [-0.25, -0.2) is 9.50 Å². The van der Waals surface area contributed by atoms with Crippen molar-refractivity contribution < 1.29 is 0 Å². The molecule has 0 saturated heterocycles. The van der Waals surface area contributed by atoms with E-state index in [-0.39, 0.29) is 5.56 Å². The van der Waals surface area contributed by atoms with Crippen LogP contribution in [0.3, 0.4) is 0 Å². The summed E-state index contributed by atoms with van der Waals surface area (Å²) >= 11 is 0. The summed E-state index contributed by atoms with van der Waals surface area (Å²) in [7, 11) is 0. The summed E-state index contributed by atoms with van der Waals surface area (Å²) in [6.07, 6.45) is 0. The van der Waals surface area contributed by atoms with Gasteiger partial charge in [-0.3, -0.25) is 4.79 Å². The molecule has 0 amide bonds. The van der Waals surface area contributed by atoms with Gasteiger partial charge in [-0.05, 0) is 44.5 Å². The van der Waals surface area contributed by atoms with Crippen molar-refractivity contribution in [1.82, 2.24) is 19.6 Å². The second-order valence-corrected chi connectivity index (χ2v) is 6.33. The monoisotopic (exact) mass is 333 g/mol. The predicted octanol–water partition coefficient (Wildman–Crippen LogP) is 3.11. The molecular weight excluding hydrogens is 314 g/mol. The number of rotatable bonds is 3. The van der Waals surface area contributed by atoms with Crippen molar-refractivity contribution in [3.8, 4) is 0 Å². The third kappa shape index (κ3) is 2.65. The van der Waals surface area contributed by atoms with Crippen LogP contribution in [0.1, 0.15) is 22.5 Å². The highest BCUT2D eigenvalue weighted by Crippen LogP contribution is 2.23. The molecule has 0 bridgehead atoms. The van der Waals surface area contributed by atoms with Gasteiger partial charge in [-0.15, -0.1) is 0 Å². The van der Waals surface area contributed by atoms with Crippen molar-refractivity contribution >= 4 is 22.4 Å². The zero-order valence-electron chi connectivity index (χ0n) is 14.4. The summed E-state index contributed by atoms with van der Waals surface area (Å²) < 4.78 is 1.85. The number of nitrogens with zero attached hydrogens (tertiary/aromatic N) is 3. The highest BCUT2D eigenvalue weighted by atomic mass is 16.1. The van der Waals surface area contributed by atoms with Crippen LogP contribution in [-0.4, -0.2) is 19.6 Å². The Balaban J connectivity index is 1.80. The molecule has 2 N–H and O–H groups in total. The summed E-state index contributed by atoms with van der Waals surface area (Å²) in [5.41, 5.74) is 5.19. The fourth-order valence-electron chi connectivity index (χ4n) is 3.18. The maximum absolute atomic E-state index is 12.2.